The molecule has 0 bridgehead atoms. The normalized spacial score (nSPS) is 10.5. The van der Waals surface area contributed by atoms with Crippen molar-refractivity contribution in [3.63, 3.8) is 0 Å². The fourth-order valence-electron chi connectivity index (χ4n) is 1.69. The van der Waals surface area contributed by atoms with Crippen molar-refractivity contribution in [1.29, 1.82) is 0 Å². The van der Waals surface area contributed by atoms with Gasteiger partial charge in [-0.1, -0.05) is 0 Å². The van der Waals surface area contributed by atoms with E-state index in [1.165, 1.54) is 0 Å². The van der Waals surface area contributed by atoms with Gasteiger partial charge in [-0.15, -0.1) is 0 Å². The van der Waals surface area contributed by atoms with Crippen molar-refractivity contribution in [2.45, 2.75) is 6.54 Å². The second-order valence-electron chi connectivity index (χ2n) is 4.27. The lowest BCUT2D eigenvalue weighted by Gasteiger charge is -2.09. The van der Waals surface area contributed by atoms with E-state index in [0.29, 0.717) is 0 Å². The molecule has 0 radical (unpaired) electrons. The molecule has 0 saturated heterocycles. The van der Waals surface area contributed by atoms with E-state index in [-0.39, 0.29) is 27.8 Å². The molecule has 0 aromatic heterocycles. The zero-order chi connectivity index (χ0) is 15.6. The second kappa shape index (κ2) is 6.17. The van der Waals surface area contributed by atoms with E-state index in [2.05, 4.69) is 21.2 Å². The Balaban J connectivity index is 2.15. The van der Waals surface area contributed by atoms with Crippen LogP contribution in [0.15, 0.2) is 34.8 Å². The minimum Gasteiger partial charge on any atom is -0.396 e. The van der Waals surface area contributed by atoms with Crippen molar-refractivity contribution < 1.29 is 18.0 Å². The van der Waals surface area contributed by atoms with Crippen molar-refractivity contribution in [2.75, 3.05) is 5.73 Å². The minimum absolute atomic E-state index is 0.00885. The first kappa shape index (κ1) is 15.4. The average Bonchev–Trinajstić information content (AvgIpc) is 2.43. The summed E-state index contributed by atoms with van der Waals surface area (Å²) in [4.78, 5) is 12.0. The summed E-state index contributed by atoms with van der Waals surface area (Å²) in [5.74, 6) is -2.48. The van der Waals surface area contributed by atoms with Gasteiger partial charge >= 0.3 is 0 Å². The molecule has 0 unspecified atom stereocenters. The van der Waals surface area contributed by atoms with Crippen molar-refractivity contribution in [3.8, 4) is 0 Å². The van der Waals surface area contributed by atoms with Crippen LogP contribution in [0.25, 0.3) is 0 Å². The van der Waals surface area contributed by atoms with Gasteiger partial charge in [-0.3, -0.25) is 4.79 Å². The van der Waals surface area contributed by atoms with E-state index in [9.17, 15) is 18.0 Å². The first-order valence-electron chi connectivity index (χ1n) is 5.85. The zero-order valence-corrected chi connectivity index (χ0v) is 12.2. The van der Waals surface area contributed by atoms with E-state index < -0.39 is 23.4 Å². The molecular weight excluding hydrogens is 349 g/mol. The largest absolute Gasteiger partial charge is 0.396 e. The summed E-state index contributed by atoms with van der Waals surface area (Å²) in [7, 11) is 0. The van der Waals surface area contributed by atoms with Gasteiger partial charge in [-0.05, 0) is 46.3 Å². The molecule has 0 heterocycles. The third-order valence-electron chi connectivity index (χ3n) is 2.78. The highest BCUT2D eigenvalue weighted by Crippen LogP contribution is 2.23. The maximum atomic E-state index is 13.4. The van der Waals surface area contributed by atoms with E-state index in [1.807, 2.05) is 0 Å². The van der Waals surface area contributed by atoms with Crippen molar-refractivity contribution in [1.82, 2.24) is 5.32 Å². The molecule has 0 atom stereocenters. The Kier molecular flexibility index (Phi) is 4.52. The Morgan fingerprint density at radius 1 is 1.14 bits per heavy atom. The number of nitrogens with one attached hydrogen (secondary N) is 1. The third-order valence-corrected chi connectivity index (χ3v) is 3.43. The summed E-state index contributed by atoms with van der Waals surface area (Å²) in [6.45, 7) is -0.202. The summed E-state index contributed by atoms with van der Waals surface area (Å²) >= 11 is 3.04. The lowest BCUT2D eigenvalue weighted by atomic mass is 10.1. The van der Waals surface area contributed by atoms with Gasteiger partial charge in [0.15, 0.2) is 0 Å². The average molecular weight is 359 g/mol. The number of hydrogen-bond acceptors (Lipinski definition) is 2. The Labute approximate surface area is 127 Å². The monoisotopic (exact) mass is 358 g/mol. The molecule has 2 rings (SSSR count). The summed E-state index contributed by atoms with van der Waals surface area (Å²) < 4.78 is 39.8. The van der Waals surface area contributed by atoms with Crippen molar-refractivity contribution in [2.24, 2.45) is 0 Å². The molecule has 0 spiro atoms. The summed E-state index contributed by atoms with van der Waals surface area (Å²) in [6.07, 6.45) is 0. The highest BCUT2D eigenvalue weighted by atomic mass is 79.9. The molecular formula is C14H10BrF3N2O. The number of nitrogen functional groups attached to an aromatic ring is 1. The number of halogens is 4. The fraction of sp³-hybridized carbons (Fsp3) is 0.0714. The number of hydrogen-bond donors (Lipinski definition) is 2. The molecule has 3 nitrogen and oxygen atoms in total. The van der Waals surface area contributed by atoms with E-state index in [1.54, 1.807) is 0 Å². The van der Waals surface area contributed by atoms with Gasteiger partial charge in [0.1, 0.15) is 17.5 Å². The molecule has 0 aliphatic carbocycles. The number of anilines is 1. The van der Waals surface area contributed by atoms with Crippen LogP contribution in [0.1, 0.15) is 15.9 Å². The van der Waals surface area contributed by atoms with Gasteiger partial charge in [-0.2, -0.15) is 0 Å². The second-order valence-corrected chi connectivity index (χ2v) is 5.13. The Hall–Kier alpha value is -2.02. The highest BCUT2D eigenvalue weighted by molar-refractivity contribution is 9.10. The van der Waals surface area contributed by atoms with E-state index in [4.69, 9.17) is 5.73 Å². The number of benzene rings is 2. The molecule has 2 aromatic rings. The van der Waals surface area contributed by atoms with E-state index in [0.717, 1.165) is 30.3 Å². The van der Waals surface area contributed by atoms with Gasteiger partial charge in [0.25, 0.3) is 5.91 Å². The molecule has 2 aromatic carbocycles. The van der Waals surface area contributed by atoms with Gasteiger partial charge < -0.3 is 11.1 Å². The zero-order valence-electron chi connectivity index (χ0n) is 10.6. The van der Waals surface area contributed by atoms with Crippen LogP contribution in [-0.4, -0.2) is 5.91 Å². The summed E-state index contributed by atoms with van der Waals surface area (Å²) in [5.41, 5.74) is 5.32. The quantitative estimate of drug-likeness (QED) is 0.826. The summed E-state index contributed by atoms with van der Waals surface area (Å²) in [6, 6.07) is 5.17. The molecule has 110 valence electrons. The van der Waals surface area contributed by atoms with Crippen LogP contribution in [0.3, 0.4) is 0 Å². The van der Waals surface area contributed by atoms with Crippen LogP contribution in [-0.2, 0) is 6.54 Å². The van der Waals surface area contributed by atoms with Crippen LogP contribution in [0.2, 0.25) is 0 Å². The number of amides is 1. The predicted molar refractivity (Wildman–Crippen MR) is 76.0 cm³/mol. The number of nitrogens with two attached hydrogens (primary N) is 1. The molecule has 21 heavy (non-hydrogen) atoms. The first-order chi connectivity index (χ1) is 9.88. The van der Waals surface area contributed by atoms with Gasteiger partial charge in [-0.25, -0.2) is 13.2 Å². The number of carbonyl (C=O) groups excluding carboxylic acids is 1. The minimum atomic E-state index is -0.658. The SMILES string of the molecule is Nc1cc(C(=O)NCc2cc(F)ccc2F)c(Br)cc1F. The predicted octanol–water partition coefficient (Wildman–Crippen LogP) is 3.38. The van der Waals surface area contributed by atoms with Crippen molar-refractivity contribution >= 4 is 27.5 Å². The van der Waals surface area contributed by atoms with Crippen LogP contribution in [0.5, 0.6) is 0 Å². The van der Waals surface area contributed by atoms with Crippen LogP contribution in [0, 0.1) is 17.5 Å². The van der Waals surface area contributed by atoms with Crippen molar-refractivity contribution in [3.05, 3.63) is 63.4 Å². The smallest absolute Gasteiger partial charge is 0.252 e. The fourth-order valence-corrected chi connectivity index (χ4v) is 2.18. The lowest BCUT2D eigenvalue weighted by molar-refractivity contribution is 0.0949. The van der Waals surface area contributed by atoms with E-state index >= 15 is 0 Å². The van der Waals surface area contributed by atoms with Crippen LogP contribution in [0.4, 0.5) is 18.9 Å². The molecule has 0 aliphatic rings. The van der Waals surface area contributed by atoms with Crippen LogP contribution >= 0.6 is 15.9 Å². The topological polar surface area (TPSA) is 55.1 Å². The Morgan fingerprint density at radius 3 is 2.57 bits per heavy atom. The number of carbonyl (C=O) groups is 1. The van der Waals surface area contributed by atoms with Gasteiger partial charge in [0.05, 0.1) is 11.3 Å². The van der Waals surface area contributed by atoms with Gasteiger partial charge in [0, 0.05) is 16.6 Å². The molecule has 7 heteroatoms. The number of rotatable bonds is 3. The molecule has 3 N–H and O–H groups in total. The lowest BCUT2D eigenvalue weighted by Crippen LogP contribution is -2.24. The maximum Gasteiger partial charge on any atom is 0.252 e. The first-order valence-corrected chi connectivity index (χ1v) is 6.64. The third kappa shape index (κ3) is 3.55. The molecule has 0 fully saturated rings. The molecule has 1 amide bonds. The maximum absolute atomic E-state index is 13.4. The highest BCUT2D eigenvalue weighted by Gasteiger charge is 2.14. The van der Waals surface area contributed by atoms with Crippen LogP contribution < -0.4 is 11.1 Å². The van der Waals surface area contributed by atoms with Gasteiger partial charge in [0.2, 0.25) is 0 Å². The molecule has 0 aliphatic heterocycles. The standard InChI is InChI=1S/C14H10BrF3N2O/c15-10-5-12(18)13(19)4-9(10)14(21)20-6-7-3-8(16)1-2-11(7)17/h1-5H,6,19H2,(H,20,21). The Bertz CT molecular complexity index is 707. The molecule has 0 saturated carbocycles. The Morgan fingerprint density at radius 2 is 1.86 bits per heavy atom. The summed E-state index contributed by atoms with van der Waals surface area (Å²) in [5, 5.41) is 2.42.